The Kier molecular flexibility index (Phi) is 8.91. The molecule has 0 atom stereocenters. The Morgan fingerprint density at radius 2 is 0.868 bits per heavy atom. The van der Waals surface area contributed by atoms with Gasteiger partial charge >= 0.3 is 0 Å². The van der Waals surface area contributed by atoms with Crippen LogP contribution in [-0.4, -0.2) is 19.5 Å². The monoisotopic (exact) mass is 729 g/mol. The number of aromatic nitrogens is 4. The predicted molar refractivity (Wildman–Crippen MR) is 219 cm³/mol. The molecule has 53 heavy (non-hydrogen) atoms. The molecule has 4 aromatic carbocycles. The smallest absolute Gasteiger partial charge is 0.0737 e. The van der Waals surface area contributed by atoms with Crippen LogP contribution in [0.15, 0.2) is 127 Å². The molecule has 0 amide bonds. The minimum atomic E-state index is 0. The van der Waals surface area contributed by atoms with Crippen LogP contribution in [0.2, 0.25) is 0 Å². The molecular weight excluding hydrogens is 691 g/mol. The topological polar surface area (TPSA) is 46.5 Å². The molecule has 3 aromatic heterocycles. The van der Waals surface area contributed by atoms with Crippen molar-refractivity contribution in [2.45, 2.75) is 27.7 Å². The molecule has 2 aliphatic heterocycles. The van der Waals surface area contributed by atoms with Gasteiger partial charge in [-0.05, 0) is 111 Å². The van der Waals surface area contributed by atoms with E-state index in [0.29, 0.717) is 0 Å². The Hall–Kier alpha value is -6.01. The summed E-state index contributed by atoms with van der Waals surface area (Å²) in [5.74, 6) is 0. The van der Waals surface area contributed by atoms with Crippen molar-refractivity contribution in [3.8, 4) is 39.1 Å². The Morgan fingerprint density at radius 3 is 1.42 bits per heavy atom. The van der Waals surface area contributed by atoms with Gasteiger partial charge in [0.25, 0.3) is 0 Å². The quantitative estimate of drug-likeness (QED) is 0.196. The van der Waals surface area contributed by atoms with Crippen LogP contribution in [-0.2, 0) is 16.8 Å². The van der Waals surface area contributed by atoms with Crippen LogP contribution in [0.25, 0.3) is 85.4 Å². The molecular formula is C48H38CoN4. The minimum absolute atomic E-state index is 0. The molecule has 1 radical (unpaired) electrons. The zero-order chi connectivity index (χ0) is 35.3. The number of benzene rings is 4. The van der Waals surface area contributed by atoms with Gasteiger partial charge in [-0.1, -0.05) is 107 Å². The van der Waals surface area contributed by atoms with Crippen LogP contribution in [0.4, 0.5) is 0 Å². The van der Waals surface area contributed by atoms with Crippen molar-refractivity contribution in [3.05, 3.63) is 172 Å². The number of hydrogen-bond donors (Lipinski definition) is 1. The Morgan fingerprint density at radius 1 is 0.434 bits per heavy atom. The minimum Gasteiger partial charge on any atom is -0.355 e. The molecule has 0 fully saturated rings. The second-order valence-electron chi connectivity index (χ2n) is 14.0. The number of aryl methyl sites for hydroxylation is 4. The Bertz CT molecular complexity index is 2730. The summed E-state index contributed by atoms with van der Waals surface area (Å²) in [7, 11) is 0. The zero-order valence-corrected chi connectivity index (χ0v) is 31.1. The molecule has 2 aliphatic rings. The van der Waals surface area contributed by atoms with Crippen molar-refractivity contribution in [1.82, 2.24) is 19.5 Å². The van der Waals surface area contributed by atoms with Gasteiger partial charge in [0.1, 0.15) is 0 Å². The molecule has 9 rings (SSSR count). The van der Waals surface area contributed by atoms with Gasteiger partial charge in [0.05, 0.1) is 33.8 Å². The maximum absolute atomic E-state index is 5.35. The van der Waals surface area contributed by atoms with E-state index in [2.05, 4.69) is 189 Å². The summed E-state index contributed by atoms with van der Waals surface area (Å²) < 4.78 is 2.44. The number of hydrogen-bond acceptors (Lipinski definition) is 2. The van der Waals surface area contributed by atoms with E-state index in [0.717, 1.165) is 83.9 Å². The average molecular weight is 730 g/mol. The molecule has 0 aliphatic carbocycles. The number of aromatic amines is 1. The molecule has 0 unspecified atom stereocenters. The third-order valence-corrected chi connectivity index (χ3v) is 9.98. The predicted octanol–water partition coefficient (Wildman–Crippen LogP) is 12.4. The first kappa shape index (κ1) is 34.1. The third-order valence-electron chi connectivity index (χ3n) is 9.98. The summed E-state index contributed by atoms with van der Waals surface area (Å²) in [4.78, 5) is 14.0. The molecule has 7 aromatic rings. The van der Waals surface area contributed by atoms with Gasteiger partial charge in [0, 0.05) is 50.2 Å². The summed E-state index contributed by atoms with van der Waals surface area (Å²) in [6.07, 6.45) is 8.50. The largest absolute Gasteiger partial charge is 0.355 e. The van der Waals surface area contributed by atoms with E-state index in [1.807, 2.05) is 0 Å². The first-order chi connectivity index (χ1) is 25.4. The maximum atomic E-state index is 5.35. The SMILES string of the molecule is Cc1ccc(-c2c(-c3ccc(C)cc3)c3c(-c4ccc(C)cc4)c4nc(cc5ccc(cc6nc(cc2n3-c2ccc(C)cc2)C=C6)[nH]5)C=C4)cc1.[Co]. The van der Waals surface area contributed by atoms with Gasteiger partial charge in [-0.3, -0.25) is 0 Å². The van der Waals surface area contributed by atoms with Crippen molar-refractivity contribution in [3.63, 3.8) is 0 Å². The maximum Gasteiger partial charge on any atom is 0.0737 e. The van der Waals surface area contributed by atoms with Crippen molar-refractivity contribution >= 4 is 46.4 Å². The number of fused-ring (bicyclic) bond motifs is 8. The fourth-order valence-corrected chi connectivity index (χ4v) is 7.28. The van der Waals surface area contributed by atoms with Crippen molar-refractivity contribution < 1.29 is 16.8 Å². The van der Waals surface area contributed by atoms with E-state index in [9.17, 15) is 0 Å². The summed E-state index contributed by atoms with van der Waals surface area (Å²) in [6.45, 7) is 8.57. The molecule has 4 nitrogen and oxygen atoms in total. The Balaban J connectivity index is 0.00000400. The summed E-state index contributed by atoms with van der Waals surface area (Å²) in [5.41, 5.74) is 20.4. The van der Waals surface area contributed by atoms with E-state index in [1.54, 1.807) is 0 Å². The van der Waals surface area contributed by atoms with E-state index in [1.165, 1.54) is 22.3 Å². The molecule has 5 heterocycles. The summed E-state index contributed by atoms with van der Waals surface area (Å²) in [5, 5.41) is 0. The third kappa shape index (κ3) is 6.50. The number of nitrogens with zero attached hydrogens (tertiary/aromatic N) is 3. The fourth-order valence-electron chi connectivity index (χ4n) is 7.28. The van der Waals surface area contributed by atoms with Crippen LogP contribution >= 0.6 is 0 Å². The van der Waals surface area contributed by atoms with Crippen molar-refractivity contribution in [2.75, 3.05) is 0 Å². The molecule has 0 spiro atoms. The number of H-pyrrole nitrogens is 1. The van der Waals surface area contributed by atoms with E-state index < -0.39 is 0 Å². The Labute approximate surface area is 320 Å². The van der Waals surface area contributed by atoms with Gasteiger partial charge in [-0.2, -0.15) is 0 Å². The van der Waals surface area contributed by atoms with Crippen LogP contribution in [0.3, 0.4) is 0 Å². The average Bonchev–Trinajstić information content (AvgIpc) is 3.95. The van der Waals surface area contributed by atoms with E-state index >= 15 is 0 Å². The number of rotatable bonds is 4. The molecule has 5 heteroatoms. The van der Waals surface area contributed by atoms with Crippen molar-refractivity contribution in [2.24, 2.45) is 0 Å². The first-order valence-corrected chi connectivity index (χ1v) is 17.8. The van der Waals surface area contributed by atoms with Gasteiger partial charge in [-0.15, -0.1) is 0 Å². The van der Waals surface area contributed by atoms with Crippen LogP contribution < -0.4 is 0 Å². The second kappa shape index (κ2) is 13.8. The van der Waals surface area contributed by atoms with Crippen LogP contribution in [0.5, 0.6) is 0 Å². The second-order valence-corrected chi connectivity index (χ2v) is 14.0. The van der Waals surface area contributed by atoms with Gasteiger partial charge in [-0.25, -0.2) is 9.97 Å². The molecule has 259 valence electrons. The molecule has 0 saturated carbocycles. The van der Waals surface area contributed by atoms with Crippen molar-refractivity contribution in [1.29, 1.82) is 0 Å². The summed E-state index contributed by atoms with van der Waals surface area (Å²) >= 11 is 0. The number of nitrogens with one attached hydrogen (secondary N) is 1. The molecule has 1 N–H and O–H groups in total. The van der Waals surface area contributed by atoms with Crippen LogP contribution in [0.1, 0.15) is 45.0 Å². The van der Waals surface area contributed by atoms with Crippen LogP contribution in [0, 0.1) is 27.7 Å². The van der Waals surface area contributed by atoms with Gasteiger partial charge in [0.15, 0.2) is 0 Å². The van der Waals surface area contributed by atoms with Gasteiger partial charge in [0.2, 0.25) is 0 Å². The van der Waals surface area contributed by atoms with E-state index in [-0.39, 0.29) is 16.8 Å². The molecule has 8 bridgehead atoms. The first-order valence-electron chi connectivity index (χ1n) is 17.8. The molecule has 0 saturated heterocycles. The fraction of sp³-hybridized carbons (Fsp3) is 0.0833. The zero-order valence-electron chi connectivity index (χ0n) is 30.1. The van der Waals surface area contributed by atoms with E-state index in [4.69, 9.17) is 9.97 Å². The standard InChI is InChI=1S/C48H38N4.Co/c1-30-5-13-34(14-6-30)45-43-26-23-40(51-43)28-39-20-19-37(49-39)27-38-21-22-41(50-38)29-44-46(35-15-7-31(2)8-16-35)47(36-17-9-32(3)10-18-36)48(45)52(44)42-24-11-33(4)12-25-42;/h5-29,49H,1-4H3;. The summed E-state index contributed by atoms with van der Waals surface area (Å²) in [6, 6.07) is 46.2. The van der Waals surface area contributed by atoms with Gasteiger partial charge < -0.3 is 9.55 Å². The normalized spacial score (nSPS) is 11.8.